The van der Waals surface area contributed by atoms with Crippen LogP contribution in [0.15, 0.2) is 30.6 Å². The Morgan fingerprint density at radius 1 is 1.24 bits per heavy atom. The molecule has 0 bridgehead atoms. The zero-order chi connectivity index (χ0) is 14.7. The minimum Gasteiger partial charge on any atom is -0.476 e. The number of anilines is 3. The largest absolute Gasteiger partial charge is 0.476 e. The Kier molecular flexibility index (Phi) is 3.90. The zero-order valence-corrected chi connectivity index (χ0v) is 12.2. The number of fused-ring (bicyclic) bond motifs is 1. The molecule has 5 heteroatoms. The van der Waals surface area contributed by atoms with Crippen molar-refractivity contribution < 1.29 is 4.74 Å². The first-order chi connectivity index (χ1) is 10.3. The summed E-state index contributed by atoms with van der Waals surface area (Å²) in [6.07, 6.45) is 4.90. The molecule has 0 spiro atoms. The molecule has 0 unspecified atom stereocenters. The number of nitrogen functional groups attached to an aromatic ring is 1. The van der Waals surface area contributed by atoms with Crippen LogP contribution < -0.4 is 15.4 Å². The Bertz CT molecular complexity index is 629. The van der Waals surface area contributed by atoms with Crippen molar-refractivity contribution in [1.82, 2.24) is 9.97 Å². The summed E-state index contributed by atoms with van der Waals surface area (Å²) in [5, 5.41) is 0. The SMILES string of the molecule is CCOc1ncnc(N2CCCCc3ccccc32)c1N. The molecule has 110 valence electrons. The molecule has 5 nitrogen and oxygen atoms in total. The quantitative estimate of drug-likeness (QED) is 0.938. The van der Waals surface area contributed by atoms with Gasteiger partial charge in [-0.05, 0) is 37.8 Å². The van der Waals surface area contributed by atoms with Gasteiger partial charge in [-0.2, -0.15) is 4.98 Å². The van der Waals surface area contributed by atoms with E-state index < -0.39 is 0 Å². The topological polar surface area (TPSA) is 64.3 Å². The van der Waals surface area contributed by atoms with Crippen LogP contribution in [0.5, 0.6) is 5.88 Å². The highest BCUT2D eigenvalue weighted by atomic mass is 16.5. The molecule has 2 aromatic rings. The minimum absolute atomic E-state index is 0.462. The summed E-state index contributed by atoms with van der Waals surface area (Å²) in [6, 6.07) is 8.44. The van der Waals surface area contributed by atoms with E-state index >= 15 is 0 Å². The van der Waals surface area contributed by atoms with Crippen LogP contribution in [0.1, 0.15) is 25.3 Å². The fourth-order valence-corrected chi connectivity index (χ4v) is 2.75. The molecule has 0 fully saturated rings. The van der Waals surface area contributed by atoms with Gasteiger partial charge >= 0.3 is 0 Å². The van der Waals surface area contributed by atoms with Gasteiger partial charge in [0, 0.05) is 12.2 Å². The number of nitrogens with zero attached hydrogens (tertiary/aromatic N) is 3. The van der Waals surface area contributed by atoms with Gasteiger partial charge in [-0.15, -0.1) is 0 Å². The van der Waals surface area contributed by atoms with Gasteiger partial charge in [0.25, 0.3) is 0 Å². The second kappa shape index (κ2) is 5.99. The monoisotopic (exact) mass is 284 g/mol. The average molecular weight is 284 g/mol. The van der Waals surface area contributed by atoms with E-state index in [0.29, 0.717) is 18.2 Å². The van der Waals surface area contributed by atoms with Gasteiger partial charge in [-0.1, -0.05) is 18.2 Å². The first-order valence-corrected chi connectivity index (χ1v) is 7.40. The number of ether oxygens (including phenoxy) is 1. The molecule has 1 aliphatic rings. The maximum Gasteiger partial charge on any atom is 0.242 e. The van der Waals surface area contributed by atoms with E-state index in [4.69, 9.17) is 10.5 Å². The van der Waals surface area contributed by atoms with Crippen LogP contribution >= 0.6 is 0 Å². The molecule has 1 aromatic carbocycles. The number of para-hydroxylation sites is 1. The third kappa shape index (κ3) is 2.63. The molecule has 21 heavy (non-hydrogen) atoms. The molecule has 3 rings (SSSR count). The smallest absolute Gasteiger partial charge is 0.242 e. The molecule has 0 amide bonds. The third-order valence-electron chi connectivity index (χ3n) is 3.72. The van der Waals surface area contributed by atoms with Crippen molar-refractivity contribution in [3.8, 4) is 5.88 Å². The standard InChI is InChI=1S/C16H20N4O/c1-2-21-16-14(17)15(18-11-19-16)20-10-6-5-8-12-7-3-4-9-13(12)20/h3-4,7,9,11H,2,5-6,8,10,17H2,1H3. The molecule has 1 aromatic heterocycles. The first kappa shape index (κ1) is 13.7. The van der Waals surface area contributed by atoms with E-state index in [1.807, 2.05) is 6.92 Å². The molecule has 2 N–H and O–H groups in total. The van der Waals surface area contributed by atoms with Gasteiger partial charge in [0.1, 0.15) is 12.0 Å². The molecular formula is C16H20N4O. The Balaban J connectivity index is 2.06. The number of benzene rings is 1. The number of aryl methyl sites for hydroxylation is 1. The maximum absolute atomic E-state index is 6.22. The summed E-state index contributed by atoms with van der Waals surface area (Å²) < 4.78 is 5.48. The highest BCUT2D eigenvalue weighted by Gasteiger charge is 2.21. The summed E-state index contributed by atoms with van der Waals surface area (Å²) in [4.78, 5) is 10.7. The van der Waals surface area contributed by atoms with Crippen molar-refractivity contribution >= 4 is 17.2 Å². The van der Waals surface area contributed by atoms with Crippen molar-refractivity contribution in [2.24, 2.45) is 0 Å². The Morgan fingerprint density at radius 2 is 2.10 bits per heavy atom. The molecule has 0 radical (unpaired) electrons. The van der Waals surface area contributed by atoms with E-state index in [2.05, 4.69) is 39.1 Å². The lowest BCUT2D eigenvalue weighted by Gasteiger charge is -2.25. The van der Waals surface area contributed by atoms with Crippen LogP contribution in [0, 0.1) is 0 Å². The van der Waals surface area contributed by atoms with E-state index in [0.717, 1.165) is 25.2 Å². The van der Waals surface area contributed by atoms with E-state index in [1.54, 1.807) is 0 Å². The van der Waals surface area contributed by atoms with Gasteiger partial charge in [-0.25, -0.2) is 4.98 Å². The van der Waals surface area contributed by atoms with Crippen LogP contribution in [0.4, 0.5) is 17.2 Å². The van der Waals surface area contributed by atoms with Gasteiger partial charge in [0.15, 0.2) is 5.82 Å². The molecule has 0 saturated carbocycles. The van der Waals surface area contributed by atoms with E-state index in [-0.39, 0.29) is 0 Å². The summed E-state index contributed by atoms with van der Waals surface area (Å²) in [6.45, 7) is 3.36. The van der Waals surface area contributed by atoms with Crippen LogP contribution in [-0.4, -0.2) is 23.1 Å². The molecule has 0 atom stereocenters. The summed E-state index contributed by atoms with van der Waals surface area (Å²) >= 11 is 0. The van der Waals surface area contributed by atoms with Gasteiger partial charge in [0.05, 0.1) is 6.61 Å². The van der Waals surface area contributed by atoms with Crippen LogP contribution in [0.2, 0.25) is 0 Å². The van der Waals surface area contributed by atoms with Crippen molar-refractivity contribution in [3.63, 3.8) is 0 Å². The zero-order valence-electron chi connectivity index (χ0n) is 12.2. The van der Waals surface area contributed by atoms with Gasteiger partial charge in [-0.3, -0.25) is 0 Å². The maximum atomic E-state index is 6.22. The lowest BCUT2D eigenvalue weighted by Crippen LogP contribution is -2.21. The predicted octanol–water partition coefficient (Wildman–Crippen LogP) is 2.93. The molecule has 0 saturated heterocycles. The Labute approximate surface area is 124 Å². The van der Waals surface area contributed by atoms with Crippen molar-refractivity contribution in [1.29, 1.82) is 0 Å². The van der Waals surface area contributed by atoms with Crippen LogP contribution in [0.25, 0.3) is 0 Å². The van der Waals surface area contributed by atoms with E-state index in [9.17, 15) is 0 Å². The summed E-state index contributed by atoms with van der Waals surface area (Å²) in [5.41, 5.74) is 9.25. The lowest BCUT2D eigenvalue weighted by molar-refractivity contribution is 0.328. The molecule has 2 heterocycles. The molecule has 1 aliphatic heterocycles. The highest BCUT2D eigenvalue weighted by molar-refractivity contribution is 5.75. The second-order valence-electron chi connectivity index (χ2n) is 5.09. The Hall–Kier alpha value is -2.30. The highest BCUT2D eigenvalue weighted by Crippen LogP contribution is 2.36. The first-order valence-electron chi connectivity index (χ1n) is 7.40. The van der Waals surface area contributed by atoms with Crippen molar-refractivity contribution in [3.05, 3.63) is 36.2 Å². The van der Waals surface area contributed by atoms with Gasteiger partial charge < -0.3 is 15.4 Å². The number of rotatable bonds is 3. The van der Waals surface area contributed by atoms with E-state index in [1.165, 1.54) is 24.0 Å². The summed E-state index contributed by atoms with van der Waals surface area (Å²) in [7, 11) is 0. The lowest BCUT2D eigenvalue weighted by atomic mass is 10.1. The fourth-order valence-electron chi connectivity index (χ4n) is 2.75. The molecular weight excluding hydrogens is 264 g/mol. The van der Waals surface area contributed by atoms with Gasteiger partial charge in [0.2, 0.25) is 5.88 Å². The number of aromatic nitrogens is 2. The van der Waals surface area contributed by atoms with Crippen molar-refractivity contribution in [2.45, 2.75) is 26.2 Å². The third-order valence-corrected chi connectivity index (χ3v) is 3.72. The predicted molar refractivity (Wildman–Crippen MR) is 84.0 cm³/mol. The van der Waals surface area contributed by atoms with Crippen molar-refractivity contribution in [2.75, 3.05) is 23.8 Å². The normalized spacial score (nSPS) is 14.4. The second-order valence-corrected chi connectivity index (χ2v) is 5.09. The van der Waals surface area contributed by atoms with Crippen LogP contribution in [-0.2, 0) is 6.42 Å². The number of hydrogen-bond acceptors (Lipinski definition) is 5. The number of hydrogen-bond donors (Lipinski definition) is 1. The summed E-state index contributed by atoms with van der Waals surface area (Å²) in [5.74, 6) is 1.20. The number of nitrogens with two attached hydrogens (primary N) is 1. The average Bonchev–Trinajstić information content (AvgIpc) is 2.72. The minimum atomic E-state index is 0.462. The fraction of sp³-hybridized carbons (Fsp3) is 0.375. The Morgan fingerprint density at radius 3 is 2.95 bits per heavy atom. The van der Waals surface area contributed by atoms with Crippen LogP contribution in [0.3, 0.4) is 0 Å². The molecule has 0 aliphatic carbocycles.